The van der Waals surface area contributed by atoms with Gasteiger partial charge in [-0.15, -0.1) is 24.0 Å². The molecule has 1 aromatic heterocycles. The summed E-state index contributed by atoms with van der Waals surface area (Å²) in [6.45, 7) is 3.13. The lowest BCUT2D eigenvalue weighted by Gasteiger charge is -2.33. The summed E-state index contributed by atoms with van der Waals surface area (Å²) in [5.41, 5.74) is 0. The second kappa shape index (κ2) is 7.95. The molecule has 1 aliphatic carbocycles. The predicted molar refractivity (Wildman–Crippen MR) is 94.0 cm³/mol. The summed E-state index contributed by atoms with van der Waals surface area (Å²) in [4.78, 5) is 11.0. The van der Waals surface area contributed by atoms with Crippen LogP contribution in [0.25, 0.3) is 0 Å². The third-order valence-electron chi connectivity index (χ3n) is 4.36. The fraction of sp³-hybridized carbons (Fsp3) is 0.786. The normalized spacial score (nSPS) is 20.2. The molecule has 6 nitrogen and oxygen atoms in total. The van der Waals surface area contributed by atoms with Crippen molar-refractivity contribution >= 4 is 29.9 Å². The molecule has 2 aliphatic rings. The van der Waals surface area contributed by atoms with Crippen molar-refractivity contribution in [1.82, 2.24) is 25.4 Å². The Morgan fingerprint density at radius 1 is 1.38 bits per heavy atom. The van der Waals surface area contributed by atoms with E-state index in [9.17, 15) is 0 Å². The summed E-state index contributed by atoms with van der Waals surface area (Å²) in [7, 11) is 1.88. The molecule has 1 saturated carbocycles. The minimum Gasteiger partial charge on any atom is -0.356 e. The highest BCUT2D eigenvalue weighted by atomic mass is 127. The lowest BCUT2D eigenvalue weighted by atomic mass is 9.96. The van der Waals surface area contributed by atoms with E-state index < -0.39 is 0 Å². The van der Waals surface area contributed by atoms with Crippen molar-refractivity contribution in [2.75, 3.05) is 26.7 Å². The Labute approximate surface area is 143 Å². The van der Waals surface area contributed by atoms with Crippen LogP contribution in [0.15, 0.2) is 11.3 Å². The van der Waals surface area contributed by atoms with Gasteiger partial charge in [0.05, 0.1) is 0 Å². The van der Waals surface area contributed by atoms with E-state index in [4.69, 9.17) is 0 Å². The lowest BCUT2D eigenvalue weighted by Crippen LogP contribution is -2.45. The standard InChI is InChI=1S/C14H24N6.HI/c1-15-14(16-7-4-11-2-3-11)20-8-5-12(6-9-20)13-17-10-18-19-13;/h10-12H,2-9H2,1H3,(H,15,16)(H,17,18,19);1H. The average Bonchev–Trinajstić information content (AvgIpc) is 3.15. The van der Waals surface area contributed by atoms with Gasteiger partial charge in [-0.25, -0.2) is 4.98 Å². The van der Waals surface area contributed by atoms with Crippen LogP contribution in [0.1, 0.15) is 43.8 Å². The maximum absolute atomic E-state index is 4.41. The Morgan fingerprint density at radius 3 is 2.71 bits per heavy atom. The third kappa shape index (κ3) is 4.55. The lowest BCUT2D eigenvalue weighted by molar-refractivity contribution is 0.298. The topological polar surface area (TPSA) is 69.2 Å². The van der Waals surface area contributed by atoms with E-state index in [1.165, 1.54) is 19.3 Å². The summed E-state index contributed by atoms with van der Waals surface area (Å²) >= 11 is 0. The SMILES string of the molecule is CN=C(NCCC1CC1)N1CCC(c2ncn[nH]2)CC1.I. The molecule has 1 saturated heterocycles. The van der Waals surface area contributed by atoms with Gasteiger partial charge in [0.1, 0.15) is 12.2 Å². The molecule has 7 heteroatoms. The maximum atomic E-state index is 4.41. The van der Waals surface area contributed by atoms with Crippen LogP contribution >= 0.6 is 24.0 Å². The monoisotopic (exact) mass is 404 g/mol. The minimum absolute atomic E-state index is 0. The van der Waals surface area contributed by atoms with E-state index >= 15 is 0 Å². The molecule has 0 spiro atoms. The van der Waals surface area contributed by atoms with Gasteiger partial charge in [-0.3, -0.25) is 10.1 Å². The predicted octanol–water partition coefficient (Wildman–Crippen LogP) is 1.98. The second-order valence-corrected chi connectivity index (χ2v) is 5.84. The van der Waals surface area contributed by atoms with E-state index in [0.29, 0.717) is 5.92 Å². The van der Waals surface area contributed by atoms with Gasteiger partial charge in [0, 0.05) is 32.6 Å². The zero-order valence-corrected chi connectivity index (χ0v) is 14.9. The molecule has 118 valence electrons. The fourth-order valence-electron chi connectivity index (χ4n) is 2.90. The van der Waals surface area contributed by atoms with Gasteiger partial charge in [-0.05, 0) is 25.2 Å². The van der Waals surface area contributed by atoms with Gasteiger partial charge in [-0.2, -0.15) is 5.10 Å². The number of H-pyrrole nitrogens is 1. The van der Waals surface area contributed by atoms with Crippen LogP contribution in [0.4, 0.5) is 0 Å². The zero-order chi connectivity index (χ0) is 13.8. The molecule has 2 N–H and O–H groups in total. The van der Waals surface area contributed by atoms with Crippen LogP contribution in [0, 0.1) is 5.92 Å². The number of aliphatic imine (C=N–C) groups is 1. The Hall–Kier alpha value is -0.860. The zero-order valence-electron chi connectivity index (χ0n) is 12.6. The minimum atomic E-state index is 0. The molecule has 3 rings (SSSR count). The number of piperidine rings is 1. The summed E-state index contributed by atoms with van der Waals surface area (Å²) in [5, 5.41) is 10.4. The highest BCUT2D eigenvalue weighted by Gasteiger charge is 2.25. The number of hydrogen-bond donors (Lipinski definition) is 2. The number of nitrogens with zero attached hydrogens (tertiary/aromatic N) is 4. The highest BCUT2D eigenvalue weighted by Crippen LogP contribution is 2.31. The number of hydrogen-bond acceptors (Lipinski definition) is 3. The van der Waals surface area contributed by atoms with Crippen LogP contribution in [0.2, 0.25) is 0 Å². The van der Waals surface area contributed by atoms with Crippen LogP contribution in [0.3, 0.4) is 0 Å². The van der Waals surface area contributed by atoms with Crippen LogP contribution < -0.4 is 5.32 Å². The number of rotatable bonds is 4. The Morgan fingerprint density at radius 2 is 2.14 bits per heavy atom. The molecule has 0 atom stereocenters. The molecule has 0 aromatic carbocycles. The van der Waals surface area contributed by atoms with Gasteiger partial charge >= 0.3 is 0 Å². The van der Waals surface area contributed by atoms with Crippen molar-refractivity contribution in [3.05, 3.63) is 12.2 Å². The molecule has 1 aromatic rings. The number of aromatic amines is 1. The Bertz CT molecular complexity index is 434. The number of nitrogens with one attached hydrogen (secondary N) is 2. The quantitative estimate of drug-likeness (QED) is 0.458. The van der Waals surface area contributed by atoms with Crippen molar-refractivity contribution < 1.29 is 0 Å². The highest BCUT2D eigenvalue weighted by molar-refractivity contribution is 14.0. The first-order chi connectivity index (χ1) is 9.86. The Balaban J connectivity index is 0.00000161. The fourth-order valence-corrected chi connectivity index (χ4v) is 2.90. The first kappa shape index (κ1) is 16.5. The second-order valence-electron chi connectivity index (χ2n) is 5.84. The molecule has 2 heterocycles. The van der Waals surface area contributed by atoms with Gasteiger partial charge in [0.15, 0.2) is 5.96 Å². The van der Waals surface area contributed by atoms with Gasteiger partial charge in [0.2, 0.25) is 0 Å². The maximum Gasteiger partial charge on any atom is 0.193 e. The first-order valence-corrected chi connectivity index (χ1v) is 7.67. The summed E-state index contributed by atoms with van der Waals surface area (Å²) in [5.74, 6) is 3.57. The molecule has 0 unspecified atom stereocenters. The number of likely N-dealkylation sites (tertiary alicyclic amines) is 1. The van der Waals surface area contributed by atoms with E-state index in [0.717, 1.165) is 50.2 Å². The van der Waals surface area contributed by atoms with Crippen LogP contribution in [0.5, 0.6) is 0 Å². The van der Waals surface area contributed by atoms with Crippen molar-refractivity contribution in [3.63, 3.8) is 0 Å². The van der Waals surface area contributed by atoms with E-state index in [-0.39, 0.29) is 24.0 Å². The van der Waals surface area contributed by atoms with E-state index in [1.54, 1.807) is 6.33 Å². The number of aromatic nitrogens is 3. The molecule has 1 aliphatic heterocycles. The van der Waals surface area contributed by atoms with Gasteiger partial charge < -0.3 is 10.2 Å². The summed E-state index contributed by atoms with van der Waals surface area (Å²) < 4.78 is 0. The van der Waals surface area contributed by atoms with Crippen LogP contribution in [-0.4, -0.2) is 52.7 Å². The largest absolute Gasteiger partial charge is 0.356 e. The third-order valence-corrected chi connectivity index (χ3v) is 4.36. The molecular weight excluding hydrogens is 379 g/mol. The smallest absolute Gasteiger partial charge is 0.193 e. The van der Waals surface area contributed by atoms with Crippen LogP contribution in [-0.2, 0) is 0 Å². The van der Waals surface area contributed by atoms with Gasteiger partial charge in [0.25, 0.3) is 0 Å². The summed E-state index contributed by atoms with van der Waals surface area (Å²) in [6.07, 6.45) is 7.94. The molecule has 2 fully saturated rings. The first-order valence-electron chi connectivity index (χ1n) is 7.67. The Kier molecular flexibility index (Phi) is 6.25. The molecule has 0 radical (unpaired) electrons. The van der Waals surface area contributed by atoms with Crippen molar-refractivity contribution in [1.29, 1.82) is 0 Å². The molecular formula is C14H25IN6. The molecule has 21 heavy (non-hydrogen) atoms. The van der Waals surface area contributed by atoms with E-state index in [1.807, 2.05) is 7.05 Å². The van der Waals surface area contributed by atoms with E-state index in [2.05, 4.69) is 30.4 Å². The molecule has 0 bridgehead atoms. The average molecular weight is 404 g/mol. The van der Waals surface area contributed by atoms with Crippen molar-refractivity contribution in [2.45, 2.75) is 38.0 Å². The van der Waals surface area contributed by atoms with Crippen molar-refractivity contribution in [2.24, 2.45) is 10.9 Å². The van der Waals surface area contributed by atoms with Gasteiger partial charge in [-0.1, -0.05) is 12.8 Å². The number of guanidine groups is 1. The molecule has 0 amide bonds. The van der Waals surface area contributed by atoms with Crippen molar-refractivity contribution in [3.8, 4) is 0 Å². The number of halogens is 1. The summed E-state index contributed by atoms with van der Waals surface area (Å²) in [6, 6.07) is 0.